The van der Waals surface area contributed by atoms with Crippen molar-refractivity contribution in [2.24, 2.45) is 0 Å². The van der Waals surface area contributed by atoms with Gasteiger partial charge in [-0.15, -0.1) is 0 Å². The maximum Gasteiger partial charge on any atom is 0.261 e. The molecule has 4 N–H and O–H groups in total. The van der Waals surface area contributed by atoms with Gasteiger partial charge in [0, 0.05) is 30.0 Å². The Balaban J connectivity index is 0.00000106. The van der Waals surface area contributed by atoms with E-state index < -0.39 is 0 Å². The number of aromatic amines is 2. The van der Waals surface area contributed by atoms with Gasteiger partial charge < -0.3 is 25.5 Å². The van der Waals surface area contributed by atoms with Gasteiger partial charge in [-0.25, -0.2) is 4.98 Å². The van der Waals surface area contributed by atoms with Crippen LogP contribution in [0.25, 0.3) is 22.4 Å². The fourth-order valence-corrected chi connectivity index (χ4v) is 4.30. The van der Waals surface area contributed by atoms with E-state index in [9.17, 15) is 9.59 Å². The second kappa shape index (κ2) is 7.95. The highest BCUT2D eigenvalue weighted by Crippen LogP contribution is 2.32. The molecule has 2 aromatic heterocycles. The summed E-state index contributed by atoms with van der Waals surface area (Å²) in [7, 11) is 2.12. The van der Waals surface area contributed by atoms with Crippen molar-refractivity contribution in [2.75, 3.05) is 25.9 Å². The number of nitrogens with two attached hydrogens (primary N) is 1. The van der Waals surface area contributed by atoms with Gasteiger partial charge in [0.05, 0.1) is 11.0 Å². The maximum atomic E-state index is 13.0. The van der Waals surface area contributed by atoms with Crippen LogP contribution in [-0.2, 0) is 6.54 Å². The zero-order chi connectivity index (χ0) is 21.4. The van der Waals surface area contributed by atoms with E-state index in [0.29, 0.717) is 40.7 Å². The Kier molecular flexibility index (Phi) is 5.34. The molecule has 8 heteroatoms. The van der Waals surface area contributed by atoms with Gasteiger partial charge in [0.15, 0.2) is 0 Å². The predicted molar refractivity (Wildman–Crippen MR) is 118 cm³/mol. The summed E-state index contributed by atoms with van der Waals surface area (Å²) in [5.41, 5.74) is 9.52. The number of pyridine rings is 1. The quantitative estimate of drug-likeness (QED) is 0.603. The molecule has 1 fully saturated rings. The summed E-state index contributed by atoms with van der Waals surface area (Å²) in [5, 5.41) is 0. The maximum absolute atomic E-state index is 13.0. The second-order valence-electron chi connectivity index (χ2n) is 7.72. The predicted octanol–water partition coefficient (Wildman–Crippen LogP) is 2.58. The van der Waals surface area contributed by atoms with Crippen molar-refractivity contribution in [3.8, 4) is 11.4 Å². The molecule has 158 valence electrons. The molecule has 2 aliphatic rings. The molecule has 3 aromatic rings. The van der Waals surface area contributed by atoms with Crippen LogP contribution in [0.3, 0.4) is 0 Å². The summed E-state index contributed by atoms with van der Waals surface area (Å²) in [6.07, 6.45) is 3.52. The lowest BCUT2D eigenvalue weighted by Crippen LogP contribution is -2.43. The number of nitrogens with one attached hydrogen (secondary N) is 2. The smallest absolute Gasteiger partial charge is 0.261 e. The molecule has 0 bridgehead atoms. The van der Waals surface area contributed by atoms with Gasteiger partial charge in [-0.3, -0.25) is 9.59 Å². The van der Waals surface area contributed by atoms with Crippen molar-refractivity contribution >= 4 is 22.6 Å². The van der Waals surface area contributed by atoms with Crippen LogP contribution in [0.5, 0.6) is 0 Å². The van der Waals surface area contributed by atoms with Crippen molar-refractivity contribution in [1.82, 2.24) is 24.8 Å². The molecule has 30 heavy (non-hydrogen) atoms. The molecule has 0 saturated carbocycles. The number of amides is 1. The highest BCUT2D eigenvalue weighted by Gasteiger charge is 2.34. The number of benzene rings is 1. The minimum Gasteiger partial charge on any atom is -0.398 e. The Morgan fingerprint density at radius 1 is 1.17 bits per heavy atom. The van der Waals surface area contributed by atoms with Crippen LogP contribution in [0.2, 0.25) is 0 Å². The SMILES string of the molecule is CC.CN1CCC(N2Cc3cc4[nH]c(-c5c(N)cc[nH]c5=O)nc4cc3C2=O)CC1. The number of nitrogen functional groups attached to an aromatic ring is 1. The number of aromatic nitrogens is 3. The number of imidazole rings is 1. The van der Waals surface area contributed by atoms with Gasteiger partial charge in [-0.05, 0) is 56.7 Å². The number of piperidine rings is 1. The number of nitrogens with zero attached hydrogens (tertiary/aromatic N) is 3. The number of carbonyl (C=O) groups is 1. The lowest BCUT2D eigenvalue weighted by atomic mass is 10.0. The number of carbonyl (C=O) groups excluding carboxylic acids is 1. The summed E-state index contributed by atoms with van der Waals surface area (Å²) >= 11 is 0. The number of likely N-dealkylation sites (tertiary alicyclic amines) is 1. The average molecular weight is 409 g/mol. The minimum atomic E-state index is -0.295. The topological polar surface area (TPSA) is 111 Å². The van der Waals surface area contributed by atoms with E-state index in [1.807, 2.05) is 30.9 Å². The number of hydrogen-bond acceptors (Lipinski definition) is 5. The van der Waals surface area contributed by atoms with Gasteiger partial charge in [-0.1, -0.05) is 13.8 Å². The van der Waals surface area contributed by atoms with E-state index >= 15 is 0 Å². The summed E-state index contributed by atoms with van der Waals surface area (Å²) in [6.45, 7) is 6.66. The van der Waals surface area contributed by atoms with Crippen LogP contribution in [0.15, 0.2) is 29.2 Å². The van der Waals surface area contributed by atoms with Crippen molar-refractivity contribution < 1.29 is 4.79 Å². The molecule has 1 amide bonds. The Hall–Kier alpha value is -3.13. The number of rotatable bonds is 2. The molecule has 4 heterocycles. The first-order chi connectivity index (χ1) is 14.5. The molecule has 8 nitrogen and oxygen atoms in total. The molecular formula is C22H28N6O2. The first-order valence-corrected chi connectivity index (χ1v) is 10.5. The van der Waals surface area contributed by atoms with E-state index in [4.69, 9.17) is 5.73 Å². The highest BCUT2D eigenvalue weighted by molar-refractivity contribution is 6.02. The molecule has 5 rings (SSSR count). The first kappa shape index (κ1) is 20.2. The number of fused-ring (bicyclic) bond motifs is 2. The van der Waals surface area contributed by atoms with Crippen molar-refractivity contribution in [3.05, 3.63) is 45.9 Å². The summed E-state index contributed by atoms with van der Waals surface area (Å²) in [6, 6.07) is 5.73. The van der Waals surface area contributed by atoms with Crippen molar-refractivity contribution in [1.29, 1.82) is 0 Å². The Labute approximate surface area is 175 Å². The van der Waals surface area contributed by atoms with E-state index in [-0.39, 0.29) is 11.5 Å². The van der Waals surface area contributed by atoms with E-state index in [2.05, 4.69) is 26.9 Å². The molecule has 0 radical (unpaired) electrons. The van der Waals surface area contributed by atoms with Gasteiger partial charge in [0.2, 0.25) is 0 Å². The Bertz CT molecular complexity index is 1140. The Morgan fingerprint density at radius 3 is 2.60 bits per heavy atom. The molecule has 0 atom stereocenters. The zero-order valence-electron chi connectivity index (χ0n) is 17.7. The van der Waals surface area contributed by atoms with E-state index in [1.165, 1.54) is 6.20 Å². The molecule has 0 aliphatic carbocycles. The second-order valence-corrected chi connectivity index (χ2v) is 7.72. The van der Waals surface area contributed by atoms with Crippen LogP contribution in [0.4, 0.5) is 5.69 Å². The number of hydrogen-bond donors (Lipinski definition) is 3. The lowest BCUT2D eigenvalue weighted by molar-refractivity contribution is 0.0617. The first-order valence-electron chi connectivity index (χ1n) is 10.5. The highest BCUT2D eigenvalue weighted by atomic mass is 16.2. The molecule has 2 aliphatic heterocycles. The third-order valence-electron chi connectivity index (χ3n) is 5.90. The zero-order valence-corrected chi connectivity index (χ0v) is 17.7. The van der Waals surface area contributed by atoms with Crippen LogP contribution in [0.1, 0.15) is 42.6 Å². The standard InChI is InChI=1S/C20H22N6O2.C2H6/c1-25-6-3-12(4-7-25)26-10-11-8-15-16(9-13(11)20(26)28)24-18(23-15)17-14(21)2-5-22-19(17)27;1-2/h2,5,8-9,12H,3-4,6-7,10H2,1H3,(H,23,24)(H3,21,22,27);1-2H3. The van der Waals surface area contributed by atoms with Gasteiger partial charge in [0.1, 0.15) is 11.4 Å². The lowest BCUT2D eigenvalue weighted by Gasteiger charge is -2.34. The fraction of sp³-hybridized carbons (Fsp3) is 0.409. The number of anilines is 1. The molecule has 1 aromatic carbocycles. The number of H-pyrrole nitrogens is 2. The molecule has 1 saturated heterocycles. The van der Waals surface area contributed by atoms with E-state index in [0.717, 1.165) is 37.0 Å². The molecule has 0 spiro atoms. The van der Waals surface area contributed by atoms with Crippen molar-refractivity contribution in [3.63, 3.8) is 0 Å². The van der Waals surface area contributed by atoms with Gasteiger partial charge >= 0.3 is 0 Å². The monoisotopic (exact) mass is 408 g/mol. The average Bonchev–Trinajstić information content (AvgIpc) is 3.29. The summed E-state index contributed by atoms with van der Waals surface area (Å²) in [5.74, 6) is 0.491. The van der Waals surface area contributed by atoms with Crippen LogP contribution >= 0.6 is 0 Å². The van der Waals surface area contributed by atoms with Crippen LogP contribution < -0.4 is 11.3 Å². The third-order valence-corrected chi connectivity index (χ3v) is 5.90. The summed E-state index contributed by atoms with van der Waals surface area (Å²) < 4.78 is 0. The minimum absolute atomic E-state index is 0.0769. The summed E-state index contributed by atoms with van der Waals surface area (Å²) in [4.78, 5) is 39.8. The molecular weight excluding hydrogens is 380 g/mol. The van der Waals surface area contributed by atoms with Crippen LogP contribution in [0, 0.1) is 0 Å². The van der Waals surface area contributed by atoms with E-state index in [1.54, 1.807) is 6.07 Å². The van der Waals surface area contributed by atoms with Crippen molar-refractivity contribution in [2.45, 2.75) is 39.3 Å². The van der Waals surface area contributed by atoms with Gasteiger partial charge in [0.25, 0.3) is 11.5 Å². The fourth-order valence-electron chi connectivity index (χ4n) is 4.30. The Morgan fingerprint density at radius 2 is 1.90 bits per heavy atom. The van der Waals surface area contributed by atoms with Gasteiger partial charge in [-0.2, -0.15) is 0 Å². The largest absolute Gasteiger partial charge is 0.398 e. The molecule has 0 unspecified atom stereocenters. The normalized spacial score (nSPS) is 17.2. The third kappa shape index (κ3) is 3.37. The van der Waals surface area contributed by atoms with Crippen LogP contribution in [-0.4, -0.2) is 56.8 Å².